The summed E-state index contributed by atoms with van der Waals surface area (Å²) in [7, 11) is 0. The van der Waals surface area contributed by atoms with Crippen molar-refractivity contribution >= 4 is 34.1 Å². The summed E-state index contributed by atoms with van der Waals surface area (Å²) in [6.45, 7) is 9.65. The third-order valence-corrected chi connectivity index (χ3v) is 6.28. The minimum absolute atomic E-state index is 0.0930. The van der Waals surface area contributed by atoms with E-state index in [9.17, 15) is 18.8 Å². The third kappa shape index (κ3) is 5.17. The molecule has 1 amide bonds. The van der Waals surface area contributed by atoms with Gasteiger partial charge < -0.3 is 4.90 Å². The Balaban J connectivity index is 1.71. The number of allylic oxidation sites excluding steroid dienone is 2. The van der Waals surface area contributed by atoms with Gasteiger partial charge in [0.05, 0.1) is 29.5 Å². The van der Waals surface area contributed by atoms with Gasteiger partial charge >= 0.3 is 0 Å². The number of Topliss-reactive ketones (excluding diaryl/α,β-unsaturated/α-hetero) is 2. The molecule has 4 rings (SSSR count). The second kappa shape index (κ2) is 10.9. The lowest BCUT2D eigenvalue weighted by Crippen LogP contribution is -2.44. The predicted octanol–water partition coefficient (Wildman–Crippen LogP) is 3.38. The number of aliphatic imine (C=N–C) groups is 1. The molecule has 0 spiro atoms. The second-order valence-corrected chi connectivity index (χ2v) is 9.03. The van der Waals surface area contributed by atoms with Gasteiger partial charge in [0, 0.05) is 42.9 Å². The number of nitrogens with zero attached hydrogens (tertiary/aromatic N) is 7. The number of pyridine rings is 1. The van der Waals surface area contributed by atoms with E-state index in [-0.39, 0.29) is 36.7 Å². The van der Waals surface area contributed by atoms with Gasteiger partial charge in [-0.2, -0.15) is 5.10 Å². The summed E-state index contributed by atoms with van der Waals surface area (Å²) in [5.41, 5.74) is 2.55. The number of likely N-dealkylation sites (tertiary alicyclic amines) is 1. The van der Waals surface area contributed by atoms with Gasteiger partial charge in [-0.05, 0) is 32.9 Å². The molecule has 0 bridgehead atoms. The summed E-state index contributed by atoms with van der Waals surface area (Å²) in [4.78, 5) is 57.2. The molecule has 0 aliphatic carbocycles. The lowest BCUT2D eigenvalue weighted by molar-refractivity contribution is -0.136. The average molecular weight is 518 g/mol. The fourth-order valence-electron chi connectivity index (χ4n) is 4.59. The van der Waals surface area contributed by atoms with Crippen molar-refractivity contribution in [2.24, 2.45) is 4.99 Å². The number of alkyl halides is 1. The van der Waals surface area contributed by atoms with Gasteiger partial charge in [-0.25, -0.2) is 14.4 Å². The van der Waals surface area contributed by atoms with E-state index in [1.165, 1.54) is 28.8 Å². The molecule has 196 valence electrons. The predicted molar refractivity (Wildman–Crippen MR) is 140 cm³/mol. The van der Waals surface area contributed by atoms with Crippen molar-refractivity contribution in [2.45, 2.75) is 52.9 Å². The first kappa shape index (κ1) is 26.6. The number of aromatic nitrogens is 5. The molecule has 3 aromatic heterocycles. The van der Waals surface area contributed by atoms with Crippen molar-refractivity contribution in [2.75, 3.05) is 6.54 Å². The number of carbonyl (C=O) groups excluding carboxylic acids is 3. The van der Waals surface area contributed by atoms with Crippen molar-refractivity contribution in [3.8, 4) is 11.3 Å². The van der Waals surface area contributed by atoms with Gasteiger partial charge in [-0.1, -0.05) is 12.7 Å². The maximum absolute atomic E-state index is 14.5. The molecule has 38 heavy (non-hydrogen) atoms. The quantitative estimate of drug-likeness (QED) is 0.331. The largest absolute Gasteiger partial charge is 0.328 e. The first-order valence-corrected chi connectivity index (χ1v) is 12.1. The van der Waals surface area contributed by atoms with E-state index in [0.29, 0.717) is 33.7 Å². The van der Waals surface area contributed by atoms with Gasteiger partial charge in [-0.3, -0.25) is 29.0 Å². The molecule has 1 saturated heterocycles. The van der Waals surface area contributed by atoms with Crippen molar-refractivity contribution in [1.29, 1.82) is 0 Å². The average Bonchev–Trinajstić information content (AvgIpc) is 3.45. The van der Waals surface area contributed by atoms with E-state index < -0.39 is 23.9 Å². The molecule has 0 saturated carbocycles. The van der Waals surface area contributed by atoms with Gasteiger partial charge in [0.15, 0.2) is 5.78 Å². The van der Waals surface area contributed by atoms with Crippen LogP contribution in [0.25, 0.3) is 22.2 Å². The molecule has 0 N–H and O–H groups in total. The van der Waals surface area contributed by atoms with Crippen molar-refractivity contribution in [1.82, 2.24) is 29.6 Å². The van der Waals surface area contributed by atoms with Crippen molar-refractivity contribution in [3.63, 3.8) is 0 Å². The summed E-state index contributed by atoms with van der Waals surface area (Å²) in [6, 6.07) is 0.713. The van der Waals surface area contributed by atoms with Crippen LogP contribution in [0.5, 0.6) is 0 Å². The molecule has 1 fully saturated rings. The monoisotopic (exact) mass is 517 g/mol. The summed E-state index contributed by atoms with van der Waals surface area (Å²) in [6.07, 6.45) is 6.18. The molecule has 2 atom stereocenters. The lowest BCUT2D eigenvalue weighted by atomic mass is 10.0. The standard InChI is InChI=1S/C27H28FN7O3/c1-6-8-21(29-7-2)27(38)23-9-19(28)13-34(23)24(37)14-35-26-15(3)32-22(18-11-30-17(5)31-12-18)10-20(26)25(33-35)16(4)36/h6-8,10-12,19,23H,2,9,13-14H2,1,3-5H3/b8-6-,29-21+/t19-,23+/m1/s1. The van der Waals surface area contributed by atoms with E-state index in [0.717, 1.165) is 0 Å². The zero-order valence-corrected chi connectivity index (χ0v) is 21.7. The van der Waals surface area contributed by atoms with E-state index >= 15 is 0 Å². The van der Waals surface area contributed by atoms with Crippen LogP contribution in [0.2, 0.25) is 0 Å². The summed E-state index contributed by atoms with van der Waals surface area (Å²) in [5, 5.41) is 4.94. The van der Waals surface area contributed by atoms with Crippen LogP contribution >= 0.6 is 0 Å². The lowest BCUT2D eigenvalue weighted by Gasteiger charge is -2.23. The number of hydrogen-bond acceptors (Lipinski definition) is 8. The van der Waals surface area contributed by atoms with Gasteiger partial charge in [0.2, 0.25) is 11.7 Å². The Bertz CT molecular complexity index is 1490. The minimum atomic E-state index is -1.35. The van der Waals surface area contributed by atoms with Crippen LogP contribution in [0.4, 0.5) is 4.39 Å². The topological polar surface area (TPSA) is 123 Å². The highest BCUT2D eigenvalue weighted by molar-refractivity contribution is 6.46. The Labute approximate surface area is 219 Å². The SMILES string of the molecule is C=C/N=C(\C=C/C)C(=O)[C@@H]1C[C@@H](F)CN1C(=O)Cn1nc(C(C)=O)c2cc(-c3cnc(C)nc3)nc(C)c21. The van der Waals surface area contributed by atoms with E-state index in [2.05, 4.69) is 31.6 Å². The first-order chi connectivity index (χ1) is 18.1. The minimum Gasteiger partial charge on any atom is -0.328 e. The summed E-state index contributed by atoms with van der Waals surface area (Å²) in [5.74, 6) is -0.636. The first-order valence-electron chi connectivity index (χ1n) is 12.1. The Morgan fingerprint density at radius 3 is 2.58 bits per heavy atom. The number of fused-ring (bicyclic) bond motifs is 1. The zero-order valence-electron chi connectivity index (χ0n) is 21.7. The Kier molecular flexibility index (Phi) is 7.65. The fourth-order valence-corrected chi connectivity index (χ4v) is 4.59. The molecule has 10 nitrogen and oxygen atoms in total. The molecular weight excluding hydrogens is 489 g/mol. The molecule has 1 aliphatic heterocycles. The number of aryl methyl sites for hydroxylation is 2. The maximum atomic E-state index is 14.5. The molecule has 3 aromatic rings. The van der Waals surface area contributed by atoms with Crippen LogP contribution in [-0.2, 0) is 16.1 Å². The van der Waals surface area contributed by atoms with Crippen LogP contribution in [-0.4, -0.2) is 71.6 Å². The van der Waals surface area contributed by atoms with Crippen LogP contribution in [0.1, 0.15) is 42.3 Å². The highest BCUT2D eigenvalue weighted by atomic mass is 19.1. The van der Waals surface area contributed by atoms with Gasteiger partial charge in [0.1, 0.15) is 29.9 Å². The summed E-state index contributed by atoms with van der Waals surface area (Å²) >= 11 is 0. The molecule has 0 aromatic carbocycles. The van der Waals surface area contributed by atoms with Crippen LogP contribution in [0.3, 0.4) is 0 Å². The molecule has 1 aliphatic rings. The Hall–Kier alpha value is -4.41. The Morgan fingerprint density at radius 1 is 1.24 bits per heavy atom. The van der Waals surface area contributed by atoms with Gasteiger partial charge in [-0.15, -0.1) is 0 Å². The molecule has 0 radical (unpaired) electrons. The molecular formula is C27H28FN7O3. The number of hydrogen-bond donors (Lipinski definition) is 0. The smallest absolute Gasteiger partial charge is 0.245 e. The fraction of sp³-hybridized carbons (Fsp3) is 0.333. The van der Waals surface area contributed by atoms with E-state index in [4.69, 9.17) is 0 Å². The third-order valence-electron chi connectivity index (χ3n) is 6.28. The summed E-state index contributed by atoms with van der Waals surface area (Å²) < 4.78 is 15.9. The number of halogens is 1. The van der Waals surface area contributed by atoms with E-state index in [1.807, 2.05) is 0 Å². The zero-order chi connectivity index (χ0) is 27.6. The highest BCUT2D eigenvalue weighted by Crippen LogP contribution is 2.28. The molecule has 0 unspecified atom stereocenters. The van der Waals surface area contributed by atoms with E-state index in [1.54, 1.807) is 45.3 Å². The number of carbonyl (C=O) groups is 3. The molecule has 4 heterocycles. The van der Waals surface area contributed by atoms with Crippen molar-refractivity contribution < 1.29 is 18.8 Å². The highest BCUT2D eigenvalue weighted by Gasteiger charge is 2.41. The number of amides is 1. The normalized spacial score (nSPS) is 17.9. The number of rotatable bonds is 8. The maximum Gasteiger partial charge on any atom is 0.245 e. The van der Waals surface area contributed by atoms with Crippen LogP contribution < -0.4 is 0 Å². The molecule has 11 heteroatoms. The van der Waals surface area contributed by atoms with Gasteiger partial charge in [0.25, 0.3) is 0 Å². The van der Waals surface area contributed by atoms with Crippen LogP contribution in [0, 0.1) is 13.8 Å². The second-order valence-electron chi connectivity index (χ2n) is 9.03. The number of ketones is 2. The Morgan fingerprint density at radius 2 is 1.95 bits per heavy atom. The van der Waals surface area contributed by atoms with Crippen molar-refractivity contribution in [3.05, 3.63) is 60.6 Å². The van der Waals surface area contributed by atoms with Crippen LogP contribution in [0.15, 0.2) is 48.4 Å².